The second-order valence-electron chi connectivity index (χ2n) is 9.40. The van der Waals surface area contributed by atoms with Crippen LogP contribution in [-0.2, 0) is 4.79 Å². The number of carbonyl (C=O) groups is 2. The molecule has 2 fully saturated rings. The van der Waals surface area contributed by atoms with Crippen LogP contribution >= 0.6 is 0 Å². The molecular formula is C25H27F3N6O3. The highest BCUT2D eigenvalue weighted by Crippen LogP contribution is 2.49. The van der Waals surface area contributed by atoms with Crippen molar-refractivity contribution in [3.8, 4) is 6.07 Å². The maximum Gasteiger partial charge on any atom is 0.390 e. The highest BCUT2D eigenvalue weighted by Gasteiger charge is 2.44. The van der Waals surface area contributed by atoms with Gasteiger partial charge in [-0.25, -0.2) is 14.8 Å². The van der Waals surface area contributed by atoms with Gasteiger partial charge in [-0.05, 0) is 42.9 Å². The number of nitrogens with one attached hydrogen (secondary N) is 2. The van der Waals surface area contributed by atoms with Crippen molar-refractivity contribution in [2.24, 2.45) is 5.92 Å². The summed E-state index contributed by atoms with van der Waals surface area (Å²) in [5, 5.41) is 23.5. The Bertz CT molecular complexity index is 1180. The Morgan fingerprint density at radius 2 is 1.84 bits per heavy atom. The van der Waals surface area contributed by atoms with Crippen LogP contribution in [0.1, 0.15) is 62.3 Å². The van der Waals surface area contributed by atoms with Gasteiger partial charge >= 0.3 is 18.2 Å². The van der Waals surface area contributed by atoms with Crippen LogP contribution in [0.2, 0.25) is 0 Å². The topological polar surface area (TPSA) is 131 Å². The Hall–Kier alpha value is -3.88. The van der Waals surface area contributed by atoms with E-state index in [1.807, 2.05) is 0 Å². The first kappa shape index (κ1) is 26.2. The fourth-order valence-electron chi connectivity index (χ4n) is 4.85. The van der Waals surface area contributed by atoms with Gasteiger partial charge in [-0.1, -0.05) is 25.3 Å². The average Bonchev–Trinajstić information content (AvgIpc) is 3.67. The lowest BCUT2D eigenvalue weighted by atomic mass is 9.93. The molecule has 1 aromatic carbocycles. The van der Waals surface area contributed by atoms with Gasteiger partial charge in [0.05, 0.1) is 41.8 Å². The number of carbonyl (C=O) groups excluding carboxylic acids is 1. The molecule has 37 heavy (non-hydrogen) atoms. The lowest BCUT2D eigenvalue weighted by Gasteiger charge is -2.37. The Morgan fingerprint density at radius 1 is 1.14 bits per heavy atom. The highest BCUT2D eigenvalue weighted by atomic mass is 19.4. The number of carboxylic acids is 1. The molecule has 2 amide bonds. The maximum absolute atomic E-state index is 13.2. The highest BCUT2D eigenvalue weighted by molar-refractivity contribution is 6.02. The smallest absolute Gasteiger partial charge is 0.390 e. The van der Waals surface area contributed by atoms with Crippen molar-refractivity contribution < 1.29 is 27.9 Å². The SMILES string of the molecule is N#Cc1ncc(NC(=O)Nc2cc(C3CC3C(=O)O)ccc2N(CCC(F)(F)F)C2CCCCC2)cn1. The molecular weight excluding hydrogens is 489 g/mol. The molecule has 0 spiro atoms. The summed E-state index contributed by atoms with van der Waals surface area (Å²) in [6.45, 7) is -0.256. The van der Waals surface area contributed by atoms with Gasteiger partial charge in [-0.2, -0.15) is 18.4 Å². The van der Waals surface area contributed by atoms with E-state index in [0.29, 0.717) is 23.4 Å². The fraction of sp³-hybridized carbons (Fsp3) is 0.480. The van der Waals surface area contributed by atoms with E-state index in [1.54, 1.807) is 29.2 Å². The van der Waals surface area contributed by atoms with Crippen LogP contribution in [-0.4, -0.2) is 45.8 Å². The van der Waals surface area contributed by atoms with Crippen LogP contribution in [0, 0.1) is 17.2 Å². The summed E-state index contributed by atoms with van der Waals surface area (Å²) in [5.41, 5.74) is 1.68. The normalized spacial score (nSPS) is 19.5. The second kappa shape index (κ2) is 11.0. The third-order valence-electron chi connectivity index (χ3n) is 6.78. The minimum absolute atomic E-state index is 0.0637. The number of amides is 2. The molecule has 1 heterocycles. The molecule has 2 unspecified atom stereocenters. The zero-order chi connectivity index (χ0) is 26.6. The number of hydrogen-bond donors (Lipinski definition) is 3. The number of aromatic nitrogens is 2. The Kier molecular flexibility index (Phi) is 7.80. The van der Waals surface area contributed by atoms with E-state index >= 15 is 0 Å². The predicted octanol–water partition coefficient (Wildman–Crippen LogP) is 5.27. The van der Waals surface area contributed by atoms with Gasteiger partial charge in [0.1, 0.15) is 6.07 Å². The first-order chi connectivity index (χ1) is 17.6. The van der Waals surface area contributed by atoms with Gasteiger partial charge in [0.25, 0.3) is 0 Å². The molecule has 0 saturated heterocycles. The number of alkyl halides is 3. The second-order valence-corrected chi connectivity index (χ2v) is 9.40. The van der Waals surface area contributed by atoms with Crippen molar-refractivity contribution in [2.45, 2.75) is 63.1 Å². The molecule has 2 saturated carbocycles. The van der Waals surface area contributed by atoms with Gasteiger partial charge in [0.15, 0.2) is 0 Å². The molecule has 12 heteroatoms. The van der Waals surface area contributed by atoms with E-state index in [1.165, 1.54) is 12.4 Å². The molecule has 196 valence electrons. The average molecular weight is 517 g/mol. The first-order valence-corrected chi connectivity index (χ1v) is 12.1. The number of nitriles is 1. The first-order valence-electron chi connectivity index (χ1n) is 12.1. The number of anilines is 3. The minimum atomic E-state index is -4.34. The molecule has 2 aliphatic rings. The number of carboxylic acid groups (broad SMARTS) is 1. The molecule has 9 nitrogen and oxygen atoms in total. The predicted molar refractivity (Wildman–Crippen MR) is 129 cm³/mol. The molecule has 2 atom stereocenters. The summed E-state index contributed by atoms with van der Waals surface area (Å²) in [5.74, 6) is -1.72. The zero-order valence-electron chi connectivity index (χ0n) is 20.0. The third kappa shape index (κ3) is 6.87. The lowest BCUT2D eigenvalue weighted by molar-refractivity contribution is -0.138. The van der Waals surface area contributed by atoms with Crippen molar-refractivity contribution in [1.29, 1.82) is 5.26 Å². The largest absolute Gasteiger partial charge is 0.481 e. The van der Waals surface area contributed by atoms with Crippen LogP contribution in [0.3, 0.4) is 0 Å². The van der Waals surface area contributed by atoms with E-state index < -0.39 is 30.5 Å². The number of benzene rings is 1. The summed E-state index contributed by atoms with van der Waals surface area (Å²) in [6, 6.07) is 6.07. The van der Waals surface area contributed by atoms with Gasteiger partial charge < -0.3 is 20.6 Å². The Morgan fingerprint density at radius 3 is 2.43 bits per heavy atom. The fourth-order valence-corrected chi connectivity index (χ4v) is 4.85. The van der Waals surface area contributed by atoms with E-state index in [-0.39, 0.29) is 30.0 Å². The molecule has 0 bridgehead atoms. The number of aliphatic carboxylic acids is 1. The molecule has 2 aromatic rings. The standard InChI is InChI=1S/C25H27F3N6O3/c26-25(27,28)8-9-34(17-4-2-1-3-5-17)21-7-6-15(18-11-19(18)23(35)36)10-20(21)33-24(37)32-16-13-30-22(12-29)31-14-16/h6-7,10,13-14,17-19H,1-5,8-9,11H2,(H,35,36)(H2,32,33,37). The van der Waals surface area contributed by atoms with Crippen molar-refractivity contribution in [3.05, 3.63) is 42.0 Å². The van der Waals surface area contributed by atoms with Crippen molar-refractivity contribution in [2.75, 3.05) is 22.1 Å². The number of urea groups is 1. The van der Waals surface area contributed by atoms with Crippen LogP contribution < -0.4 is 15.5 Å². The summed E-state index contributed by atoms with van der Waals surface area (Å²) in [6.07, 6.45) is 2.01. The summed E-state index contributed by atoms with van der Waals surface area (Å²) >= 11 is 0. The molecule has 0 aliphatic heterocycles. The monoisotopic (exact) mass is 516 g/mol. The van der Waals surface area contributed by atoms with E-state index in [0.717, 1.165) is 32.1 Å². The van der Waals surface area contributed by atoms with Crippen molar-refractivity contribution >= 4 is 29.1 Å². The van der Waals surface area contributed by atoms with Crippen molar-refractivity contribution in [3.63, 3.8) is 0 Å². The molecule has 3 N–H and O–H groups in total. The molecule has 4 rings (SSSR count). The van der Waals surface area contributed by atoms with E-state index in [9.17, 15) is 27.9 Å². The van der Waals surface area contributed by atoms with Crippen LogP contribution in [0.25, 0.3) is 0 Å². The van der Waals surface area contributed by atoms with Gasteiger partial charge in [0, 0.05) is 12.6 Å². The van der Waals surface area contributed by atoms with Crippen LogP contribution in [0.5, 0.6) is 0 Å². The maximum atomic E-state index is 13.2. The quantitative estimate of drug-likeness (QED) is 0.435. The van der Waals surface area contributed by atoms with Crippen molar-refractivity contribution in [1.82, 2.24) is 9.97 Å². The third-order valence-corrected chi connectivity index (χ3v) is 6.78. The number of rotatable bonds is 8. The van der Waals surface area contributed by atoms with Gasteiger partial charge in [-0.15, -0.1) is 0 Å². The van der Waals surface area contributed by atoms with E-state index in [2.05, 4.69) is 20.6 Å². The van der Waals surface area contributed by atoms with Crippen LogP contribution in [0.15, 0.2) is 30.6 Å². The molecule has 1 aromatic heterocycles. The Labute approximate surface area is 211 Å². The summed E-state index contributed by atoms with van der Waals surface area (Å²) in [7, 11) is 0. The summed E-state index contributed by atoms with van der Waals surface area (Å²) in [4.78, 5) is 33.5. The zero-order valence-corrected chi connectivity index (χ0v) is 20.0. The number of halogens is 3. The van der Waals surface area contributed by atoms with Gasteiger partial charge in [-0.3, -0.25) is 4.79 Å². The van der Waals surface area contributed by atoms with E-state index in [4.69, 9.17) is 5.26 Å². The number of nitrogens with zero attached hydrogens (tertiary/aromatic N) is 4. The Balaban J connectivity index is 1.63. The minimum Gasteiger partial charge on any atom is -0.481 e. The molecule has 2 aliphatic carbocycles. The number of hydrogen-bond acceptors (Lipinski definition) is 6. The van der Waals surface area contributed by atoms with Crippen LogP contribution in [0.4, 0.5) is 35.0 Å². The molecule has 0 radical (unpaired) electrons. The lowest BCUT2D eigenvalue weighted by Crippen LogP contribution is -2.39. The summed E-state index contributed by atoms with van der Waals surface area (Å²) < 4.78 is 39.6. The van der Waals surface area contributed by atoms with Gasteiger partial charge in [0.2, 0.25) is 5.82 Å².